The van der Waals surface area contributed by atoms with Crippen molar-refractivity contribution >= 4 is 21.6 Å². The second-order valence-corrected chi connectivity index (χ2v) is 6.60. The highest BCUT2D eigenvalue weighted by atomic mass is 32.2. The predicted molar refractivity (Wildman–Crippen MR) is 66.8 cm³/mol. The Bertz CT molecular complexity index is 466. The van der Waals surface area contributed by atoms with Crippen LogP contribution in [-0.2, 0) is 9.84 Å². The van der Waals surface area contributed by atoms with Gasteiger partial charge in [0.25, 0.3) is 0 Å². The van der Waals surface area contributed by atoms with Crippen LogP contribution in [0.15, 0.2) is 28.0 Å². The first kappa shape index (κ1) is 13.5. The van der Waals surface area contributed by atoms with E-state index >= 15 is 0 Å². The highest BCUT2D eigenvalue weighted by Crippen LogP contribution is 2.28. The molecular formula is C11H16O3S2. The van der Waals surface area contributed by atoms with E-state index in [9.17, 15) is 8.42 Å². The van der Waals surface area contributed by atoms with Gasteiger partial charge in [0.2, 0.25) is 0 Å². The van der Waals surface area contributed by atoms with Gasteiger partial charge >= 0.3 is 0 Å². The van der Waals surface area contributed by atoms with E-state index in [2.05, 4.69) is 0 Å². The summed E-state index contributed by atoms with van der Waals surface area (Å²) >= 11 is 1.40. The minimum absolute atomic E-state index is 0.0273. The van der Waals surface area contributed by atoms with Gasteiger partial charge in [-0.2, -0.15) is 0 Å². The second-order valence-electron chi connectivity index (χ2n) is 3.77. The van der Waals surface area contributed by atoms with Gasteiger partial charge in [-0.25, -0.2) is 8.42 Å². The maximum Gasteiger partial charge on any atom is 0.176 e. The molecule has 1 aromatic rings. The van der Waals surface area contributed by atoms with E-state index in [4.69, 9.17) is 5.11 Å². The third-order valence-corrected chi connectivity index (χ3v) is 4.49. The number of aliphatic hydroxyl groups excluding tert-OH is 1. The van der Waals surface area contributed by atoms with E-state index in [1.807, 2.05) is 19.2 Å². The van der Waals surface area contributed by atoms with Crippen LogP contribution in [0.1, 0.15) is 18.4 Å². The topological polar surface area (TPSA) is 54.4 Å². The number of hydrogen-bond donors (Lipinski definition) is 1. The number of sulfone groups is 1. The Balaban J connectivity index is 3.28. The molecule has 16 heavy (non-hydrogen) atoms. The van der Waals surface area contributed by atoms with Crippen molar-refractivity contribution in [1.29, 1.82) is 0 Å². The van der Waals surface area contributed by atoms with Crippen LogP contribution in [0, 0.1) is 0 Å². The molecule has 0 saturated carbocycles. The van der Waals surface area contributed by atoms with Crippen LogP contribution in [0.5, 0.6) is 0 Å². The molecule has 0 aliphatic carbocycles. The third-order valence-electron chi connectivity index (χ3n) is 2.43. The highest BCUT2D eigenvalue weighted by Gasteiger charge is 2.14. The minimum Gasteiger partial charge on any atom is -0.396 e. The lowest BCUT2D eigenvalue weighted by Gasteiger charge is -2.12. The number of hydrogen-bond acceptors (Lipinski definition) is 4. The largest absolute Gasteiger partial charge is 0.396 e. The molecule has 3 nitrogen and oxygen atoms in total. The van der Waals surface area contributed by atoms with Crippen LogP contribution >= 0.6 is 11.8 Å². The normalized spacial score (nSPS) is 13.8. The highest BCUT2D eigenvalue weighted by molar-refractivity contribution is 7.99. The fourth-order valence-electron chi connectivity index (χ4n) is 1.40. The molecule has 5 heteroatoms. The van der Waals surface area contributed by atoms with Crippen molar-refractivity contribution in [1.82, 2.24) is 0 Å². The summed E-state index contributed by atoms with van der Waals surface area (Å²) in [5, 5.41) is 9.06. The summed E-state index contributed by atoms with van der Waals surface area (Å²) in [7, 11) is -3.18. The molecule has 0 amide bonds. The Labute approximate surface area is 101 Å². The Hall–Kier alpha value is -0.520. The maximum atomic E-state index is 11.5. The molecule has 0 saturated heterocycles. The second kappa shape index (κ2) is 5.21. The van der Waals surface area contributed by atoms with Gasteiger partial charge < -0.3 is 5.11 Å². The molecule has 0 aliphatic heterocycles. The van der Waals surface area contributed by atoms with Crippen molar-refractivity contribution < 1.29 is 13.5 Å². The molecule has 1 aromatic carbocycles. The molecule has 0 aromatic heterocycles. The fourth-order valence-corrected chi connectivity index (χ4v) is 3.37. The molecule has 1 N–H and O–H groups in total. The summed E-state index contributed by atoms with van der Waals surface area (Å²) in [6, 6.07) is 5.21. The molecular weight excluding hydrogens is 244 g/mol. The average Bonchev–Trinajstić information content (AvgIpc) is 2.25. The van der Waals surface area contributed by atoms with Gasteiger partial charge in [-0.15, -0.1) is 11.8 Å². The Kier molecular flexibility index (Phi) is 4.41. The summed E-state index contributed by atoms with van der Waals surface area (Å²) in [5.41, 5.74) is 0.958. The molecule has 1 unspecified atom stereocenters. The molecule has 0 heterocycles. The standard InChI is InChI=1S/C11H16O3S2/c1-8(7-12)9-4-5-11(16(3,13)14)10(6-9)15-2/h4-6,8,12H,7H2,1-3H3. The number of thioether (sulfide) groups is 1. The molecule has 90 valence electrons. The van der Waals surface area contributed by atoms with E-state index in [0.717, 1.165) is 10.5 Å². The summed E-state index contributed by atoms with van der Waals surface area (Å²) in [6.45, 7) is 1.96. The smallest absolute Gasteiger partial charge is 0.176 e. The Morgan fingerprint density at radius 2 is 2.06 bits per heavy atom. The van der Waals surface area contributed by atoms with Gasteiger partial charge in [-0.3, -0.25) is 0 Å². The quantitative estimate of drug-likeness (QED) is 0.840. The summed E-state index contributed by atoms with van der Waals surface area (Å²) in [4.78, 5) is 1.09. The van der Waals surface area contributed by atoms with Crippen LogP contribution in [0.25, 0.3) is 0 Å². The van der Waals surface area contributed by atoms with Crippen LogP contribution < -0.4 is 0 Å². The zero-order valence-electron chi connectivity index (χ0n) is 9.60. The van der Waals surface area contributed by atoms with E-state index in [1.54, 1.807) is 12.1 Å². The van der Waals surface area contributed by atoms with Crippen molar-refractivity contribution in [2.75, 3.05) is 19.1 Å². The van der Waals surface area contributed by atoms with Gasteiger partial charge in [0.15, 0.2) is 9.84 Å². The van der Waals surface area contributed by atoms with Crippen molar-refractivity contribution in [2.24, 2.45) is 0 Å². The van der Waals surface area contributed by atoms with E-state index in [0.29, 0.717) is 4.90 Å². The molecule has 0 spiro atoms. The zero-order valence-corrected chi connectivity index (χ0v) is 11.2. The molecule has 1 atom stereocenters. The van der Waals surface area contributed by atoms with Crippen LogP contribution in [-0.4, -0.2) is 32.6 Å². The minimum atomic E-state index is -3.18. The first-order chi connectivity index (χ1) is 7.40. The van der Waals surface area contributed by atoms with Crippen molar-refractivity contribution in [3.8, 4) is 0 Å². The molecule has 1 rings (SSSR count). The van der Waals surface area contributed by atoms with Crippen molar-refractivity contribution in [2.45, 2.75) is 22.6 Å². The number of rotatable bonds is 4. The van der Waals surface area contributed by atoms with Crippen molar-refractivity contribution in [3.63, 3.8) is 0 Å². The summed E-state index contributed by atoms with van der Waals surface area (Å²) in [6.07, 6.45) is 3.05. The monoisotopic (exact) mass is 260 g/mol. The van der Waals surface area contributed by atoms with Gasteiger partial charge in [0, 0.05) is 23.7 Å². The average molecular weight is 260 g/mol. The Morgan fingerprint density at radius 3 is 2.50 bits per heavy atom. The fraction of sp³-hybridized carbons (Fsp3) is 0.455. The number of benzene rings is 1. The maximum absolute atomic E-state index is 11.5. The predicted octanol–water partition coefficient (Wildman–Crippen LogP) is 1.91. The summed E-state index contributed by atoms with van der Waals surface area (Å²) < 4.78 is 23.0. The van der Waals surface area contributed by atoms with Gasteiger partial charge in [0.1, 0.15) is 0 Å². The first-order valence-corrected chi connectivity index (χ1v) is 8.00. The lowest BCUT2D eigenvalue weighted by atomic mass is 10.0. The van der Waals surface area contributed by atoms with E-state index < -0.39 is 9.84 Å². The first-order valence-electron chi connectivity index (χ1n) is 4.89. The van der Waals surface area contributed by atoms with E-state index in [1.165, 1.54) is 18.0 Å². The van der Waals surface area contributed by atoms with Crippen LogP contribution in [0.4, 0.5) is 0 Å². The molecule has 0 bridgehead atoms. The van der Waals surface area contributed by atoms with Crippen molar-refractivity contribution in [3.05, 3.63) is 23.8 Å². The molecule has 0 radical (unpaired) electrons. The van der Waals surface area contributed by atoms with E-state index in [-0.39, 0.29) is 12.5 Å². The van der Waals surface area contributed by atoms with Crippen LogP contribution in [0.2, 0.25) is 0 Å². The lowest BCUT2D eigenvalue weighted by Crippen LogP contribution is -2.03. The molecule has 0 fully saturated rings. The SMILES string of the molecule is CSc1cc(C(C)CO)ccc1S(C)(=O)=O. The summed E-state index contributed by atoms with van der Waals surface area (Å²) in [5.74, 6) is 0.0273. The van der Waals surface area contributed by atoms with Gasteiger partial charge in [-0.05, 0) is 24.0 Å². The number of aliphatic hydroxyl groups is 1. The Morgan fingerprint density at radius 1 is 1.44 bits per heavy atom. The molecule has 0 aliphatic rings. The van der Waals surface area contributed by atoms with Gasteiger partial charge in [-0.1, -0.05) is 13.0 Å². The third kappa shape index (κ3) is 2.99. The van der Waals surface area contributed by atoms with Gasteiger partial charge in [0.05, 0.1) is 4.90 Å². The van der Waals surface area contributed by atoms with Crippen LogP contribution in [0.3, 0.4) is 0 Å². The zero-order chi connectivity index (χ0) is 12.3. The lowest BCUT2D eigenvalue weighted by molar-refractivity contribution is 0.273.